The summed E-state index contributed by atoms with van der Waals surface area (Å²) in [7, 11) is 0. The normalized spacial score (nSPS) is 11.0. The highest BCUT2D eigenvalue weighted by atomic mass is 16.5. The molecule has 134 valence electrons. The third-order valence-electron chi connectivity index (χ3n) is 4.17. The number of aromatic nitrogens is 2. The molecule has 0 fully saturated rings. The lowest BCUT2D eigenvalue weighted by atomic mass is 10.1. The van der Waals surface area contributed by atoms with E-state index in [0.717, 1.165) is 22.3 Å². The molecule has 0 spiro atoms. The Kier molecular flexibility index (Phi) is 5.16. The van der Waals surface area contributed by atoms with Gasteiger partial charge < -0.3 is 10.1 Å². The van der Waals surface area contributed by atoms with Gasteiger partial charge in [0.2, 0.25) is 0 Å². The molecule has 0 amide bonds. The summed E-state index contributed by atoms with van der Waals surface area (Å²) in [6, 6.07) is 13.5. The zero-order valence-corrected chi connectivity index (χ0v) is 15.5. The van der Waals surface area contributed by atoms with E-state index in [1.807, 2.05) is 70.2 Å². The quantitative estimate of drug-likeness (QED) is 0.670. The van der Waals surface area contributed by atoms with Gasteiger partial charge in [-0.3, -0.25) is 0 Å². The Morgan fingerprint density at radius 3 is 2.42 bits per heavy atom. The smallest absolute Gasteiger partial charge is 0.360 e. The molecule has 0 bridgehead atoms. The van der Waals surface area contributed by atoms with Crippen LogP contribution in [0.3, 0.4) is 0 Å². The lowest BCUT2D eigenvalue weighted by Gasteiger charge is -2.14. The number of nitrogens with zero attached hydrogens (tertiary/aromatic N) is 2. The first-order valence-electron chi connectivity index (χ1n) is 8.73. The van der Waals surface area contributed by atoms with Crippen molar-refractivity contribution in [1.29, 1.82) is 0 Å². The van der Waals surface area contributed by atoms with Crippen molar-refractivity contribution < 1.29 is 9.53 Å². The second-order valence-corrected chi connectivity index (χ2v) is 6.77. The first kappa shape index (κ1) is 17.9. The van der Waals surface area contributed by atoms with Crippen molar-refractivity contribution in [2.24, 2.45) is 5.92 Å². The highest BCUT2D eigenvalue weighted by Gasteiger charge is 2.19. The van der Waals surface area contributed by atoms with Crippen molar-refractivity contribution in [3.05, 3.63) is 59.3 Å². The van der Waals surface area contributed by atoms with Gasteiger partial charge >= 0.3 is 5.97 Å². The molecular weight excluding hydrogens is 326 g/mol. The molecule has 0 aliphatic heterocycles. The molecule has 26 heavy (non-hydrogen) atoms. The molecule has 0 aliphatic rings. The van der Waals surface area contributed by atoms with Gasteiger partial charge in [-0.05, 0) is 49.1 Å². The summed E-state index contributed by atoms with van der Waals surface area (Å²) in [4.78, 5) is 21.7. The average molecular weight is 349 g/mol. The topological polar surface area (TPSA) is 64.1 Å². The number of hydrogen-bond acceptors (Lipinski definition) is 5. The Morgan fingerprint density at radius 2 is 1.73 bits per heavy atom. The molecule has 0 saturated heterocycles. The largest absolute Gasteiger partial charge is 0.461 e. The van der Waals surface area contributed by atoms with E-state index >= 15 is 0 Å². The van der Waals surface area contributed by atoms with Crippen molar-refractivity contribution in [2.45, 2.75) is 27.7 Å². The van der Waals surface area contributed by atoms with Gasteiger partial charge in [0.1, 0.15) is 0 Å². The van der Waals surface area contributed by atoms with Gasteiger partial charge in [0.05, 0.1) is 17.6 Å². The number of rotatable bonds is 5. The second kappa shape index (κ2) is 7.52. The molecule has 1 aromatic heterocycles. The van der Waals surface area contributed by atoms with Crippen LogP contribution in [0.4, 0.5) is 11.5 Å². The Bertz CT molecular complexity index is 951. The van der Waals surface area contributed by atoms with Crippen LogP contribution in [0.5, 0.6) is 0 Å². The fraction of sp³-hybridized carbons (Fsp3) is 0.286. The number of carbonyl (C=O) groups is 1. The molecule has 0 aliphatic carbocycles. The van der Waals surface area contributed by atoms with Gasteiger partial charge in [-0.1, -0.05) is 38.1 Å². The van der Waals surface area contributed by atoms with Gasteiger partial charge in [0, 0.05) is 5.69 Å². The van der Waals surface area contributed by atoms with Crippen LogP contribution in [0.15, 0.2) is 42.5 Å². The van der Waals surface area contributed by atoms with Crippen LogP contribution < -0.4 is 5.32 Å². The molecule has 0 radical (unpaired) electrons. The summed E-state index contributed by atoms with van der Waals surface area (Å²) in [6.45, 7) is 8.41. The first-order chi connectivity index (χ1) is 12.5. The fourth-order valence-electron chi connectivity index (χ4n) is 2.55. The highest BCUT2D eigenvalue weighted by molar-refractivity contribution is 5.96. The van der Waals surface area contributed by atoms with Gasteiger partial charge in [0.15, 0.2) is 11.5 Å². The number of anilines is 2. The van der Waals surface area contributed by atoms with E-state index < -0.39 is 5.97 Å². The van der Waals surface area contributed by atoms with Crippen molar-refractivity contribution in [2.75, 3.05) is 11.9 Å². The molecule has 5 heteroatoms. The number of fused-ring (bicyclic) bond motifs is 1. The SMILES string of the molecule is Cc1cccc(Nc2nc3ccccc3nc2C(=O)OCC(C)C)c1C. The molecule has 3 aromatic rings. The number of carbonyl (C=O) groups excluding carboxylic acids is 1. The van der Waals surface area contributed by atoms with Crippen molar-refractivity contribution >= 4 is 28.5 Å². The standard InChI is InChI=1S/C21H23N3O2/c1-13(2)12-26-21(25)19-20(23-16-11-7-8-14(3)15(16)4)24-18-10-6-5-9-17(18)22-19/h5-11,13H,12H2,1-4H3,(H,23,24). The van der Waals surface area contributed by atoms with E-state index in [4.69, 9.17) is 4.74 Å². The van der Waals surface area contributed by atoms with Gasteiger partial charge in [0.25, 0.3) is 0 Å². The van der Waals surface area contributed by atoms with Crippen LogP contribution in [-0.4, -0.2) is 22.5 Å². The van der Waals surface area contributed by atoms with Gasteiger partial charge in [-0.2, -0.15) is 0 Å². The van der Waals surface area contributed by atoms with E-state index in [0.29, 0.717) is 17.9 Å². The van der Waals surface area contributed by atoms with E-state index in [-0.39, 0.29) is 11.6 Å². The van der Waals surface area contributed by atoms with E-state index in [9.17, 15) is 4.79 Å². The minimum absolute atomic E-state index is 0.199. The number of para-hydroxylation sites is 2. The summed E-state index contributed by atoms with van der Waals surface area (Å²) >= 11 is 0. The van der Waals surface area contributed by atoms with Crippen LogP contribution in [0.2, 0.25) is 0 Å². The third kappa shape index (κ3) is 3.82. The molecule has 1 N–H and O–H groups in total. The van der Waals surface area contributed by atoms with Crippen molar-refractivity contribution in [3.63, 3.8) is 0 Å². The number of ether oxygens (including phenoxy) is 1. The Hall–Kier alpha value is -2.95. The predicted octanol–water partition coefficient (Wildman–Crippen LogP) is 4.80. The van der Waals surface area contributed by atoms with E-state index in [1.54, 1.807) is 0 Å². The monoisotopic (exact) mass is 349 g/mol. The maximum atomic E-state index is 12.6. The molecular formula is C21H23N3O2. The van der Waals surface area contributed by atoms with Gasteiger partial charge in [-0.25, -0.2) is 14.8 Å². The fourth-order valence-corrected chi connectivity index (χ4v) is 2.55. The number of nitrogens with one attached hydrogen (secondary N) is 1. The Balaban J connectivity index is 2.05. The number of esters is 1. The maximum Gasteiger partial charge on any atom is 0.360 e. The summed E-state index contributed by atoms with van der Waals surface area (Å²) in [6.07, 6.45) is 0. The van der Waals surface area contributed by atoms with Crippen LogP contribution >= 0.6 is 0 Å². The summed E-state index contributed by atoms with van der Waals surface area (Å²) in [5.41, 5.74) is 4.74. The third-order valence-corrected chi connectivity index (χ3v) is 4.17. The van der Waals surface area contributed by atoms with Crippen LogP contribution in [0, 0.1) is 19.8 Å². The first-order valence-corrected chi connectivity index (χ1v) is 8.73. The van der Waals surface area contributed by atoms with Crippen LogP contribution in [-0.2, 0) is 4.74 Å². The van der Waals surface area contributed by atoms with Crippen LogP contribution in [0.25, 0.3) is 11.0 Å². The molecule has 2 aromatic carbocycles. The number of benzene rings is 2. The second-order valence-electron chi connectivity index (χ2n) is 6.77. The van der Waals surface area contributed by atoms with Gasteiger partial charge in [-0.15, -0.1) is 0 Å². The minimum Gasteiger partial charge on any atom is -0.461 e. The highest BCUT2D eigenvalue weighted by Crippen LogP contribution is 2.25. The molecule has 0 saturated carbocycles. The van der Waals surface area contributed by atoms with Crippen molar-refractivity contribution in [1.82, 2.24) is 9.97 Å². The molecule has 0 unspecified atom stereocenters. The Labute approximate surface area is 153 Å². The minimum atomic E-state index is -0.468. The molecule has 5 nitrogen and oxygen atoms in total. The average Bonchev–Trinajstić information content (AvgIpc) is 2.63. The summed E-state index contributed by atoms with van der Waals surface area (Å²) in [5.74, 6) is 0.193. The summed E-state index contributed by atoms with van der Waals surface area (Å²) < 4.78 is 5.39. The zero-order valence-electron chi connectivity index (χ0n) is 15.5. The lowest BCUT2D eigenvalue weighted by molar-refractivity contribution is 0.0453. The summed E-state index contributed by atoms with van der Waals surface area (Å²) in [5, 5.41) is 3.27. The van der Waals surface area contributed by atoms with E-state index in [2.05, 4.69) is 15.3 Å². The van der Waals surface area contributed by atoms with E-state index in [1.165, 1.54) is 0 Å². The molecule has 1 heterocycles. The molecule has 3 rings (SSSR count). The van der Waals surface area contributed by atoms with Crippen molar-refractivity contribution in [3.8, 4) is 0 Å². The maximum absolute atomic E-state index is 12.6. The predicted molar refractivity (Wildman–Crippen MR) is 104 cm³/mol. The van der Waals surface area contributed by atoms with Crippen LogP contribution in [0.1, 0.15) is 35.5 Å². The Morgan fingerprint density at radius 1 is 1.04 bits per heavy atom. The molecule has 0 atom stereocenters. The lowest BCUT2D eigenvalue weighted by Crippen LogP contribution is -2.15. The number of aryl methyl sites for hydroxylation is 1. The number of hydrogen-bond donors (Lipinski definition) is 1. The zero-order chi connectivity index (χ0) is 18.7.